The lowest BCUT2D eigenvalue weighted by Gasteiger charge is -2.28. The fourth-order valence-corrected chi connectivity index (χ4v) is 4.14. The van der Waals surface area contributed by atoms with Gasteiger partial charge in [-0.25, -0.2) is 0 Å². The molecule has 0 spiro atoms. The first kappa shape index (κ1) is 15.4. The van der Waals surface area contributed by atoms with Gasteiger partial charge in [-0.1, -0.05) is 18.9 Å². The van der Waals surface area contributed by atoms with E-state index < -0.39 is 0 Å². The van der Waals surface area contributed by atoms with Crippen molar-refractivity contribution >= 4 is 11.8 Å². The normalized spacial score (nSPS) is 21.7. The van der Waals surface area contributed by atoms with Gasteiger partial charge in [0.25, 0.3) is 5.56 Å². The number of nitrogens with two attached hydrogens (primary N) is 1. The van der Waals surface area contributed by atoms with Crippen molar-refractivity contribution < 1.29 is 0 Å². The molecule has 2 aromatic rings. The molecule has 116 valence electrons. The van der Waals surface area contributed by atoms with Gasteiger partial charge in [0, 0.05) is 34.6 Å². The maximum atomic E-state index is 11.8. The highest BCUT2D eigenvalue weighted by Crippen LogP contribution is 2.29. The van der Waals surface area contributed by atoms with Gasteiger partial charge in [0.15, 0.2) is 0 Å². The van der Waals surface area contributed by atoms with Gasteiger partial charge in [0.05, 0.1) is 0 Å². The van der Waals surface area contributed by atoms with Gasteiger partial charge >= 0.3 is 0 Å². The van der Waals surface area contributed by atoms with E-state index in [0.29, 0.717) is 12.0 Å². The maximum absolute atomic E-state index is 11.8. The van der Waals surface area contributed by atoms with Crippen molar-refractivity contribution in [3.05, 3.63) is 59.0 Å². The zero-order chi connectivity index (χ0) is 15.4. The Kier molecular flexibility index (Phi) is 5.01. The van der Waals surface area contributed by atoms with Gasteiger partial charge < -0.3 is 5.73 Å². The summed E-state index contributed by atoms with van der Waals surface area (Å²) in [5, 5.41) is 0. The number of nitrogens with zero attached hydrogens (tertiary/aromatic N) is 1. The number of hydrogen-bond donors (Lipinski definition) is 1. The summed E-state index contributed by atoms with van der Waals surface area (Å²) in [5.41, 5.74) is 7.11. The molecule has 4 heteroatoms. The van der Waals surface area contributed by atoms with Crippen molar-refractivity contribution in [1.82, 2.24) is 4.57 Å². The van der Waals surface area contributed by atoms with Crippen LogP contribution in [0.25, 0.3) is 5.69 Å². The smallest absolute Gasteiger partial charge is 0.255 e. The van der Waals surface area contributed by atoms with Crippen LogP contribution in [0.4, 0.5) is 0 Å². The van der Waals surface area contributed by atoms with E-state index in [-0.39, 0.29) is 5.56 Å². The van der Waals surface area contributed by atoms with Gasteiger partial charge in [0.1, 0.15) is 0 Å². The van der Waals surface area contributed by atoms with Crippen LogP contribution in [0.2, 0.25) is 0 Å². The Bertz CT molecular complexity index is 665. The first-order valence-corrected chi connectivity index (χ1v) is 8.89. The Labute approximate surface area is 135 Å². The maximum Gasteiger partial charge on any atom is 0.255 e. The summed E-state index contributed by atoms with van der Waals surface area (Å²) in [4.78, 5) is 13.1. The third-order valence-electron chi connectivity index (χ3n) is 4.37. The lowest BCUT2D eigenvalue weighted by atomic mass is 9.86. The zero-order valence-corrected chi connectivity index (χ0v) is 13.5. The fourth-order valence-electron chi connectivity index (χ4n) is 2.99. The Morgan fingerprint density at radius 2 is 1.86 bits per heavy atom. The molecule has 1 fully saturated rings. The molecule has 0 radical (unpaired) electrons. The van der Waals surface area contributed by atoms with E-state index in [1.807, 2.05) is 30.0 Å². The summed E-state index contributed by atoms with van der Waals surface area (Å²) in [5.74, 6) is 1.72. The predicted molar refractivity (Wildman–Crippen MR) is 92.7 cm³/mol. The topological polar surface area (TPSA) is 48.0 Å². The largest absolute Gasteiger partial charge is 0.327 e. The second-order valence-electron chi connectivity index (χ2n) is 5.92. The van der Waals surface area contributed by atoms with Crippen molar-refractivity contribution in [1.29, 1.82) is 0 Å². The molecule has 1 aromatic heterocycles. The molecule has 2 atom stereocenters. The van der Waals surface area contributed by atoms with Gasteiger partial charge in [-0.05, 0) is 49.1 Å². The second-order valence-corrected chi connectivity index (χ2v) is 7.02. The van der Waals surface area contributed by atoms with E-state index in [0.717, 1.165) is 11.4 Å². The monoisotopic (exact) mass is 314 g/mol. The lowest BCUT2D eigenvalue weighted by molar-refractivity contribution is 0.336. The molecule has 1 aliphatic rings. The van der Waals surface area contributed by atoms with Crippen molar-refractivity contribution in [2.24, 2.45) is 11.7 Å². The molecular formula is C18H22N2OS. The third kappa shape index (κ3) is 3.62. The van der Waals surface area contributed by atoms with Crippen molar-refractivity contribution in [2.75, 3.05) is 5.75 Å². The highest BCUT2D eigenvalue weighted by atomic mass is 32.2. The Balaban J connectivity index is 1.64. The molecule has 2 N–H and O–H groups in total. The van der Waals surface area contributed by atoms with Crippen LogP contribution in [0.15, 0.2) is 58.4 Å². The van der Waals surface area contributed by atoms with E-state index in [1.165, 1.54) is 30.6 Å². The van der Waals surface area contributed by atoms with Gasteiger partial charge in [-0.15, -0.1) is 11.8 Å². The van der Waals surface area contributed by atoms with Crippen molar-refractivity contribution in [3.63, 3.8) is 0 Å². The second kappa shape index (κ2) is 7.16. The van der Waals surface area contributed by atoms with Crippen molar-refractivity contribution in [2.45, 2.75) is 36.6 Å². The molecule has 22 heavy (non-hydrogen) atoms. The lowest BCUT2D eigenvalue weighted by Crippen LogP contribution is -2.34. The Morgan fingerprint density at radius 3 is 2.59 bits per heavy atom. The van der Waals surface area contributed by atoms with Gasteiger partial charge in [0.2, 0.25) is 0 Å². The number of thioether (sulfide) groups is 1. The van der Waals surface area contributed by atoms with Crippen molar-refractivity contribution in [3.8, 4) is 5.69 Å². The van der Waals surface area contributed by atoms with E-state index in [9.17, 15) is 4.79 Å². The summed E-state index contributed by atoms with van der Waals surface area (Å²) < 4.78 is 1.66. The van der Waals surface area contributed by atoms with Crippen LogP contribution in [0.5, 0.6) is 0 Å². The molecule has 1 saturated carbocycles. The number of benzene rings is 1. The molecule has 0 aliphatic heterocycles. The van der Waals surface area contributed by atoms with Crippen LogP contribution in [0.3, 0.4) is 0 Å². The van der Waals surface area contributed by atoms with Gasteiger partial charge in [-0.2, -0.15) is 0 Å². The number of pyridine rings is 1. The average molecular weight is 314 g/mol. The summed E-state index contributed by atoms with van der Waals surface area (Å²) in [7, 11) is 0. The molecule has 0 amide bonds. The highest BCUT2D eigenvalue weighted by molar-refractivity contribution is 7.99. The average Bonchev–Trinajstić information content (AvgIpc) is 2.55. The van der Waals surface area contributed by atoms with Gasteiger partial charge in [-0.3, -0.25) is 9.36 Å². The number of rotatable bonds is 4. The van der Waals surface area contributed by atoms with Crippen LogP contribution in [0, 0.1) is 5.92 Å². The van der Waals surface area contributed by atoms with E-state index in [2.05, 4.69) is 12.1 Å². The highest BCUT2D eigenvalue weighted by Gasteiger charge is 2.21. The quantitative estimate of drug-likeness (QED) is 0.879. The summed E-state index contributed by atoms with van der Waals surface area (Å²) in [6.45, 7) is 0. The number of hydrogen-bond acceptors (Lipinski definition) is 3. The first-order valence-electron chi connectivity index (χ1n) is 7.90. The summed E-state index contributed by atoms with van der Waals surface area (Å²) in [6.07, 6.45) is 6.82. The SMILES string of the molecule is NC1CCCCC1CSc1ccc(-n2ccccc2=O)cc1. The molecule has 1 aromatic carbocycles. The van der Waals surface area contributed by atoms with Crippen LogP contribution < -0.4 is 11.3 Å². The van der Waals surface area contributed by atoms with E-state index in [4.69, 9.17) is 5.73 Å². The molecule has 2 unspecified atom stereocenters. The molecular weight excluding hydrogens is 292 g/mol. The third-order valence-corrected chi connectivity index (χ3v) is 5.57. The zero-order valence-electron chi connectivity index (χ0n) is 12.7. The van der Waals surface area contributed by atoms with Crippen LogP contribution >= 0.6 is 11.8 Å². The minimum Gasteiger partial charge on any atom is -0.327 e. The number of aromatic nitrogens is 1. The molecule has 1 aliphatic carbocycles. The molecule has 1 heterocycles. The summed E-state index contributed by atoms with van der Waals surface area (Å²) in [6, 6.07) is 13.8. The van der Waals surface area contributed by atoms with E-state index in [1.54, 1.807) is 22.9 Å². The minimum absolute atomic E-state index is 0.00363. The molecule has 0 bridgehead atoms. The first-order chi connectivity index (χ1) is 10.7. The Morgan fingerprint density at radius 1 is 1.09 bits per heavy atom. The van der Waals surface area contributed by atoms with Crippen LogP contribution in [-0.4, -0.2) is 16.4 Å². The standard InChI is InChI=1S/C18H22N2OS/c19-17-6-2-1-5-14(17)13-22-16-10-8-15(9-11-16)20-12-4-3-7-18(20)21/h3-4,7-12,14,17H,1-2,5-6,13,19H2. The fraction of sp³-hybridized carbons (Fsp3) is 0.389. The van der Waals surface area contributed by atoms with Crippen LogP contribution in [0.1, 0.15) is 25.7 Å². The molecule has 3 rings (SSSR count). The predicted octanol–water partition coefficient (Wildman–Crippen LogP) is 3.45. The Hall–Kier alpha value is -1.52. The van der Waals surface area contributed by atoms with E-state index >= 15 is 0 Å². The molecule has 0 saturated heterocycles. The summed E-state index contributed by atoms with van der Waals surface area (Å²) >= 11 is 1.87. The molecule has 3 nitrogen and oxygen atoms in total. The van der Waals surface area contributed by atoms with Crippen LogP contribution in [-0.2, 0) is 0 Å². The minimum atomic E-state index is -0.00363.